The third-order valence-corrected chi connectivity index (χ3v) is 3.65. The molecule has 2 heterocycles. The largest absolute Gasteiger partial charge is 0.338 e. The molecular formula is C13H24N4O. The molecule has 0 saturated carbocycles. The van der Waals surface area contributed by atoms with Crippen molar-refractivity contribution in [2.45, 2.75) is 53.2 Å². The highest BCUT2D eigenvalue weighted by Crippen LogP contribution is 2.24. The van der Waals surface area contributed by atoms with E-state index in [0.29, 0.717) is 23.8 Å². The highest BCUT2D eigenvalue weighted by Gasteiger charge is 2.32. The highest BCUT2D eigenvalue weighted by molar-refractivity contribution is 4.92. The fraction of sp³-hybridized carbons (Fsp3) is 0.846. The molecule has 1 aromatic heterocycles. The van der Waals surface area contributed by atoms with E-state index in [9.17, 15) is 0 Å². The minimum Gasteiger partial charge on any atom is -0.338 e. The summed E-state index contributed by atoms with van der Waals surface area (Å²) in [6, 6.07) is 0.994. The number of hydrogen-bond acceptors (Lipinski definition) is 5. The van der Waals surface area contributed by atoms with Gasteiger partial charge in [-0.3, -0.25) is 4.90 Å². The minimum atomic E-state index is 0.267. The summed E-state index contributed by atoms with van der Waals surface area (Å²) in [5, 5.41) is 7.47. The lowest BCUT2D eigenvalue weighted by Gasteiger charge is -2.43. The van der Waals surface area contributed by atoms with Gasteiger partial charge in [-0.2, -0.15) is 4.98 Å². The lowest BCUT2D eigenvalue weighted by Crippen LogP contribution is -2.59. The second-order valence-corrected chi connectivity index (χ2v) is 6.34. The van der Waals surface area contributed by atoms with Crippen LogP contribution in [0.15, 0.2) is 4.52 Å². The first-order valence-corrected chi connectivity index (χ1v) is 6.63. The van der Waals surface area contributed by atoms with Gasteiger partial charge in [0, 0.05) is 25.2 Å². The first-order valence-electron chi connectivity index (χ1n) is 6.63. The van der Waals surface area contributed by atoms with Gasteiger partial charge in [-0.25, -0.2) is 0 Å². The smallest absolute Gasteiger partial charge is 0.240 e. The van der Waals surface area contributed by atoms with Crippen molar-refractivity contribution in [3.63, 3.8) is 0 Å². The third-order valence-electron chi connectivity index (χ3n) is 3.65. The SMILES string of the molecule is Cc1noc(CN2CC(C(C)(C)C)NCC2C)n1. The van der Waals surface area contributed by atoms with E-state index in [2.05, 4.69) is 48.1 Å². The molecule has 1 N–H and O–H groups in total. The average Bonchev–Trinajstić information content (AvgIpc) is 2.66. The van der Waals surface area contributed by atoms with Gasteiger partial charge < -0.3 is 9.84 Å². The van der Waals surface area contributed by atoms with E-state index in [0.717, 1.165) is 19.6 Å². The van der Waals surface area contributed by atoms with Crippen molar-refractivity contribution >= 4 is 0 Å². The molecule has 1 aromatic rings. The van der Waals surface area contributed by atoms with Crippen LogP contribution in [0.1, 0.15) is 39.4 Å². The molecule has 0 spiro atoms. The standard InChI is InChI=1S/C13H24N4O/c1-9-6-14-11(13(3,4)5)7-17(9)8-12-15-10(2)16-18-12/h9,11,14H,6-8H2,1-5H3. The summed E-state index contributed by atoms with van der Waals surface area (Å²) in [6.45, 7) is 13.7. The topological polar surface area (TPSA) is 54.2 Å². The molecule has 0 amide bonds. The summed E-state index contributed by atoms with van der Waals surface area (Å²) >= 11 is 0. The molecule has 2 rings (SSSR count). The Morgan fingerprint density at radius 2 is 2.17 bits per heavy atom. The van der Waals surface area contributed by atoms with Gasteiger partial charge in [-0.15, -0.1) is 0 Å². The number of hydrogen-bond donors (Lipinski definition) is 1. The molecule has 0 bridgehead atoms. The van der Waals surface area contributed by atoms with E-state index in [1.165, 1.54) is 0 Å². The van der Waals surface area contributed by atoms with Gasteiger partial charge in [0.2, 0.25) is 5.89 Å². The zero-order chi connectivity index (χ0) is 13.3. The molecule has 2 unspecified atom stereocenters. The van der Waals surface area contributed by atoms with Gasteiger partial charge in [0.1, 0.15) is 0 Å². The molecule has 2 atom stereocenters. The summed E-state index contributed by atoms with van der Waals surface area (Å²) in [6.07, 6.45) is 0. The molecular weight excluding hydrogens is 228 g/mol. The minimum absolute atomic E-state index is 0.267. The quantitative estimate of drug-likeness (QED) is 0.866. The van der Waals surface area contributed by atoms with Crippen molar-refractivity contribution in [3.8, 4) is 0 Å². The Morgan fingerprint density at radius 3 is 2.72 bits per heavy atom. The molecule has 1 saturated heterocycles. The summed E-state index contributed by atoms with van der Waals surface area (Å²) in [7, 11) is 0. The molecule has 1 aliphatic rings. The maximum atomic E-state index is 5.21. The zero-order valence-corrected chi connectivity index (χ0v) is 12.0. The maximum absolute atomic E-state index is 5.21. The van der Waals surface area contributed by atoms with Crippen LogP contribution in [0, 0.1) is 12.3 Å². The van der Waals surface area contributed by atoms with Gasteiger partial charge in [-0.05, 0) is 19.3 Å². The molecule has 18 heavy (non-hydrogen) atoms. The fourth-order valence-corrected chi connectivity index (χ4v) is 2.30. The van der Waals surface area contributed by atoms with Crippen LogP contribution in [-0.2, 0) is 6.54 Å². The van der Waals surface area contributed by atoms with E-state index < -0.39 is 0 Å². The molecule has 0 radical (unpaired) electrons. The molecule has 102 valence electrons. The van der Waals surface area contributed by atoms with Crippen LogP contribution in [0.2, 0.25) is 0 Å². The molecule has 0 aromatic carbocycles. The highest BCUT2D eigenvalue weighted by atomic mass is 16.5. The van der Waals surface area contributed by atoms with Crippen LogP contribution in [-0.4, -0.2) is 40.2 Å². The monoisotopic (exact) mass is 252 g/mol. The summed E-state index contributed by atoms with van der Waals surface area (Å²) in [4.78, 5) is 6.70. The molecule has 1 fully saturated rings. The van der Waals surface area contributed by atoms with Crippen molar-refractivity contribution in [1.82, 2.24) is 20.4 Å². The summed E-state index contributed by atoms with van der Waals surface area (Å²) in [5.41, 5.74) is 0.267. The van der Waals surface area contributed by atoms with Gasteiger partial charge in [-0.1, -0.05) is 25.9 Å². The number of aryl methyl sites for hydroxylation is 1. The van der Waals surface area contributed by atoms with Crippen LogP contribution >= 0.6 is 0 Å². The van der Waals surface area contributed by atoms with Gasteiger partial charge in [0.05, 0.1) is 6.54 Å². The Morgan fingerprint density at radius 1 is 1.44 bits per heavy atom. The van der Waals surface area contributed by atoms with Crippen LogP contribution in [0.3, 0.4) is 0 Å². The summed E-state index contributed by atoms with van der Waals surface area (Å²) in [5.74, 6) is 1.43. The second-order valence-electron chi connectivity index (χ2n) is 6.34. The molecule has 0 aliphatic carbocycles. The Bertz CT molecular complexity index is 396. The van der Waals surface area contributed by atoms with E-state index >= 15 is 0 Å². The fourth-order valence-electron chi connectivity index (χ4n) is 2.30. The Hall–Kier alpha value is -0.940. The number of piperazine rings is 1. The molecule has 5 heteroatoms. The van der Waals surface area contributed by atoms with Crippen molar-refractivity contribution in [3.05, 3.63) is 11.7 Å². The van der Waals surface area contributed by atoms with E-state index in [-0.39, 0.29) is 5.41 Å². The lowest BCUT2D eigenvalue weighted by molar-refractivity contribution is 0.0784. The van der Waals surface area contributed by atoms with Gasteiger partial charge in [0.25, 0.3) is 0 Å². The van der Waals surface area contributed by atoms with E-state index in [1.807, 2.05) is 6.92 Å². The lowest BCUT2D eigenvalue weighted by atomic mass is 9.85. The number of nitrogens with zero attached hydrogens (tertiary/aromatic N) is 3. The van der Waals surface area contributed by atoms with Crippen molar-refractivity contribution in [2.24, 2.45) is 5.41 Å². The first-order chi connectivity index (χ1) is 8.36. The second kappa shape index (κ2) is 4.97. The van der Waals surface area contributed by atoms with Gasteiger partial charge in [0.15, 0.2) is 5.82 Å². The maximum Gasteiger partial charge on any atom is 0.240 e. The number of rotatable bonds is 2. The Labute approximate surface area is 109 Å². The normalized spacial score (nSPS) is 26.5. The number of aromatic nitrogens is 2. The zero-order valence-electron chi connectivity index (χ0n) is 12.0. The average molecular weight is 252 g/mol. The van der Waals surface area contributed by atoms with Crippen LogP contribution in [0.25, 0.3) is 0 Å². The van der Waals surface area contributed by atoms with Crippen LogP contribution in [0.4, 0.5) is 0 Å². The van der Waals surface area contributed by atoms with Gasteiger partial charge >= 0.3 is 0 Å². The number of nitrogens with one attached hydrogen (secondary N) is 1. The first kappa shape index (κ1) is 13.5. The van der Waals surface area contributed by atoms with Crippen molar-refractivity contribution in [2.75, 3.05) is 13.1 Å². The van der Waals surface area contributed by atoms with E-state index in [4.69, 9.17) is 4.52 Å². The third kappa shape index (κ3) is 3.09. The van der Waals surface area contributed by atoms with Crippen LogP contribution in [0.5, 0.6) is 0 Å². The Kier molecular flexibility index (Phi) is 3.73. The predicted octanol–water partition coefficient (Wildman–Crippen LogP) is 1.59. The summed E-state index contributed by atoms with van der Waals surface area (Å²) < 4.78 is 5.21. The van der Waals surface area contributed by atoms with Crippen LogP contribution < -0.4 is 5.32 Å². The van der Waals surface area contributed by atoms with E-state index in [1.54, 1.807) is 0 Å². The van der Waals surface area contributed by atoms with Crippen molar-refractivity contribution < 1.29 is 4.52 Å². The molecule has 1 aliphatic heterocycles. The molecule has 5 nitrogen and oxygen atoms in total. The predicted molar refractivity (Wildman–Crippen MR) is 70.2 cm³/mol. The Balaban J connectivity index is 2.02. The van der Waals surface area contributed by atoms with Crippen molar-refractivity contribution in [1.29, 1.82) is 0 Å².